The zero-order valence-corrected chi connectivity index (χ0v) is 13.4. The Bertz CT molecular complexity index is 979. The number of nitrogens with one attached hydrogen (secondary N) is 1. The third-order valence-corrected chi connectivity index (χ3v) is 4.82. The van der Waals surface area contributed by atoms with Crippen LogP contribution in [0.5, 0.6) is 0 Å². The van der Waals surface area contributed by atoms with Crippen LogP contribution in [0.1, 0.15) is 11.5 Å². The molecule has 1 aromatic heterocycles. The fraction of sp³-hybridized carbons (Fsp3) is 0.158. The van der Waals surface area contributed by atoms with Crippen LogP contribution >= 0.6 is 0 Å². The van der Waals surface area contributed by atoms with Crippen LogP contribution in [0.3, 0.4) is 0 Å². The Kier molecular flexibility index (Phi) is 3.06. The number of esters is 2. The highest BCUT2D eigenvalue weighted by Crippen LogP contribution is 2.44. The van der Waals surface area contributed by atoms with Crippen molar-refractivity contribution >= 4 is 11.9 Å². The summed E-state index contributed by atoms with van der Waals surface area (Å²) in [5.41, 5.74) is 3.49. The highest BCUT2D eigenvalue weighted by Gasteiger charge is 2.45. The number of carbonyl (C=O) groups is 2. The van der Waals surface area contributed by atoms with Gasteiger partial charge in [-0.1, -0.05) is 6.07 Å². The lowest BCUT2D eigenvalue weighted by atomic mass is 9.80. The Labute approximate surface area is 146 Å². The van der Waals surface area contributed by atoms with Gasteiger partial charge in [-0.05, 0) is 23.8 Å². The average Bonchev–Trinajstić information content (AvgIpc) is 3.36. The van der Waals surface area contributed by atoms with E-state index in [2.05, 4.69) is 5.32 Å². The molecule has 0 radical (unpaired) electrons. The fourth-order valence-electron chi connectivity index (χ4n) is 3.65. The van der Waals surface area contributed by atoms with Gasteiger partial charge in [0.1, 0.15) is 19.0 Å². The summed E-state index contributed by atoms with van der Waals surface area (Å²) in [6.07, 6.45) is 2.89. The van der Waals surface area contributed by atoms with Gasteiger partial charge in [0.15, 0.2) is 0 Å². The number of benzene rings is 1. The van der Waals surface area contributed by atoms with E-state index in [1.54, 1.807) is 18.2 Å². The Balaban J connectivity index is 1.70. The normalized spacial score (nSPS) is 19.3. The van der Waals surface area contributed by atoms with Gasteiger partial charge < -0.3 is 19.2 Å². The highest BCUT2D eigenvalue weighted by molar-refractivity contribution is 6.02. The fourth-order valence-corrected chi connectivity index (χ4v) is 3.65. The molecule has 0 atom stereocenters. The van der Waals surface area contributed by atoms with E-state index in [1.165, 1.54) is 18.6 Å². The molecule has 26 heavy (non-hydrogen) atoms. The van der Waals surface area contributed by atoms with Crippen molar-refractivity contribution in [1.29, 1.82) is 0 Å². The molecule has 6 nitrogen and oxygen atoms in total. The number of carbonyl (C=O) groups excluding carboxylic acids is 2. The molecule has 4 heterocycles. The summed E-state index contributed by atoms with van der Waals surface area (Å²) in [4.78, 5) is 24.6. The molecule has 130 valence electrons. The Morgan fingerprint density at radius 2 is 1.69 bits per heavy atom. The van der Waals surface area contributed by atoms with Gasteiger partial charge in [0.25, 0.3) is 0 Å². The minimum atomic E-state index is -0.655. The summed E-state index contributed by atoms with van der Waals surface area (Å²) >= 11 is 0. The number of furan rings is 1. The summed E-state index contributed by atoms with van der Waals surface area (Å²) in [5.74, 6) is -2.05. The van der Waals surface area contributed by atoms with Crippen LogP contribution in [0.2, 0.25) is 0 Å². The van der Waals surface area contributed by atoms with Crippen molar-refractivity contribution in [2.24, 2.45) is 0 Å². The van der Waals surface area contributed by atoms with E-state index in [-0.39, 0.29) is 13.2 Å². The second-order valence-electron chi connectivity index (χ2n) is 6.25. The lowest BCUT2D eigenvalue weighted by molar-refractivity contribution is -0.136. The molecule has 0 unspecified atom stereocenters. The SMILES string of the molecule is O=C1OCC2=C1C(c1ccc(F)c(-c3ccoc3)c1)C1=C(COC1=O)N2. The molecule has 0 fully saturated rings. The van der Waals surface area contributed by atoms with E-state index >= 15 is 0 Å². The van der Waals surface area contributed by atoms with Gasteiger partial charge in [-0.2, -0.15) is 0 Å². The predicted molar refractivity (Wildman–Crippen MR) is 85.9 cm³/mol. The second-order valence-corrected chi connectivity index (χ2v) is 6.25. The van der Waals surface area contributed by atoms with Gasteiger partial charge in [-0.25, -0.2) is 14.0 Å². The van der Waals surface area contributed by atoms with E-state index in [1.807, 2.05) is 0 Å². The summed E-state index contributed by atoms with van der Waals surface area (Å²) < 4.78 is 29.6. The lowest BCUT2D eigenvalue weighted by Crippen LogP contribution is -2.27. The quantitative estimate of drug-likeness (QED) is 0.836. The molecule has 0 spiro atoms. The number of cyclic esters (lactones) is 2. The van der Waals surface area contributed by atoms with Crippen molar-refractivity contribution in [2.75, 3.05) is 13.2 Å². The molecule has 0 bridgehead atoms. The molecule has 0 saturated carbocycles. The van der Waals surface area contributed by atoms with Gasteiger partial charge in [-0.15, -0.1) is 0 Å². The van der Waals surface area contributed by atoms with Gasteiger partial charge in [0.2, 0.25) is 0 Å². The van der Waals surface area contributed by atoms with Crippen molar-refractivity contribution in [2.45, 2.75) is 5.92 Å². The maximum absolute atomic E-state index is 14.3. The van der Waals surface area contributed by atoms with Gasteiger partial charge in [0, 0.05) is 11.1 Å². The highest BCUT2D eigenvalue weighted by atomic mass is 19.1. The van der Waals surface area contributed by atoms with Crippen LogP contribution in [0, 0.1) is 5.82 Å². The lowest BCUT2D eigenvalue weighted by Gasteiger charge is -2.24. The molecule has 7 heteroatoms. The summed E-state index contributed by atoms with van der Waals surface area (Å²) in [5, 5.41) is 3.07. The molecule has 0 saturated heterocycles. The minimum Gasteiger partial charge on any atom is -0.472 e. The zero-order chi connectivity index (χ0) is 17.8. The zero-order valence-electron chi connectivity index (χ0n) is 13.4. The Hall–Kier alpha value is -3.35. The van der Waals surface area contributed by atoms with Gasteiger partial charge >= 0.3 is 11.9 Å². The molecular formula is C19H12FNO5. The van der Waals surface area contributed by atoms with Crippen LogP contribution in [-0.2, 0) is 19.1 Å². The first-order valence-corrected chi connectivity index (χ1v) is 8.03. The van der Waals surface area contributed by atoms with E-state index in [4.69, 9.17) is 13.9 Å². The first-order valence-electron chi connectivity index (χ1n) is 8.03. The monoisotopic (exact) mass is 353 g/mol. The van der Waals surface area contributed by atoms with Crippen molar-refractivity contribution in [1.82, 2.24) is 5.32 Å². The number of dihydropyridines is 1. The molecule has 3 aliphatic rings. The largest absolute Gasteiger partial charge is 0.472 e. The number of ether oxygens (including phenoxy) is 2. The summed E-state index contributed by atoms with van der Waals surface area (Å²) in [6, 6.07) is 6.17. The second kappa shape index (κ2) is 5.32. The molecular weight excluding hydrogens is 341 g/mol. The minimum absolute atomic E-state index is 0.116. The van der Waals surface area contributed by atoms with Crippen LogP contribution < -0.4 is 5.32 Å². The summed E-state index contributed by atoms with van der Waals surface area (Å²) in [6.45, 7) is 0.233. The number of halogens is 1. The molecule has 1 N–H and O–H groups in total. The predicted octanol–water partition coefficient (Wildman–Crippen LogP) is 2.39. The summed E-state index contributed by atoms with van der Waals surface area (Å²) in [7, 11) is 0. The van der Waals surface area contributed by atoms with Gasteiger partial charge in [0.05, 0.1) is 41.0 Å². The smallest absolute Gasteiger partial charge is 0.337 e. The van der Waals surface area contributed by atoms with E-state index in [9.17, 15) is 14.0 Å². The molecule has 5 rings (SSSR count). The average molecular weight is 353 g/mol. The maximum atomic E-state index is 14.3. The van der Waals surface area contributed by atoms with Crippen LogP contribution in [0.15, 0.2) is 63.7 Å². The standard InChI is InChI=1S/C19H12FNO5/c20-12-2-1-9(5-11(12)10-3-4-24-6-10)15-16-13(7-25-18(16)22)21-14-8-26-19(23)17(14)15/h1-6,15,21H,7-8H2. The molecule has 0 amide bonds. The van der Waals surface area contributed by atoms with Crippen molar-refractivity contribution in [3.63, 3.8) is 0 Å². The maximum Gasteiger partial charge on any atom is 0.337 e. The van der Waals surface area contributed by atoms with Crippen molar-refractivity contribution in [3.8, 4) is 11.1 Å². The molecule has 3 aliphatic heterocycles. The Morgan fingerprint density at radius 3 is 2.31 bits per heavy atom. The van der Waals surface area contributed by atoms with Crippen LogP contribution in [0.4, 0.5) is 4.39 Å². The van der Waals surface area contributed by atoms with E-state index in [0.717, 1.165) is 0 Å². The topological polar surface area (TPSA) is 77.8 Å². The molecule has 0 aliphatic carbocycles. The van der Waals surface area contributed by atoms with Crippen molar-refractivity contribution < 1.29 is 27.9 Å². The van der Waals surface area contributed by atoms with Crippen LogP contribution in [-0.4, -0.2) is 25.2 Å². The number of hydrogen-bond acceptors (Lipinski definition) is 6. The Morgan fingerprint density at radius 1 is 1.00 bits per heavy atom. The van der Waals surface area contributed by atoms with E-state index in [0.29, 0.717) is 39.2 Å². The first kappa shape index (κ1) is 14.9. The molecule has 2 aromatic rings. The van der Waals surface area contributed by atoms with E-state index < -0.39 is 23.7 Å². The van der Waals surface area contributed by atoms with Gasteiger partial charge in [-0.3, -0.25) is 0 Å². The third kappa shape index (κ3) is 2.03. The molecule has 1 aromatic carbocycles. The van der Waals surface area contributed by atoms with Crippen LogP contribution in [0.25, 0.3) is 11.1 Å². The third-order valence-electron chi connectivity index (χ3n) is 4.82. The number of hydrogen-bond donors (Lipinski definition) is 1. The number of rotatable bonds is 2. The van der Waals surface area contributed by atoms with Crippen molar-refractivity contribution in [3.05, 3.63) is 70.7 Å². The first-order chi connectivity index (χ1) is 12.6.